The molecule has 0 bridgehead atoms. The van der Waals surface area contributed by atoms with Gasteiger partial charge in [-0.15, -0.1) is 0 Å². The summed E-state index contributed by atoms with van der Waals surface area (Å²) in [5.41, 5.74) is 2.43. The van der Waals surface area contributed by atoms with Crippen molar-refractivity contribution in [2.45, 2.75) is 26.6 Å². The van der Waals surface area contributed by atoms with Gasteiger partial charge in [-0.2, -0.15) is 0 Å². The SMILES string of the molecule is Cc1ccc(CF)cc1C(C)O. The zero-order chi connectivity index (χ0) is 9.14. The molecule has 0 saturated carbocycles. The summed E-state index contributed by atoms with van der Waals surface area (Å²) >= 11 is 0. The molecule has 0 aliphatic rings. The van der Waals surface area contributed by atoms with Crippen molar-refractivity contribution in [3.63, 3.8) is 0 Å². The van der Waals surface area contributed by atoms with Crippen LogP contribution in [0.1, 0.15) is 29.7 Å². The van der Waals surface area contributed by atoms with Crippen LogP contribution in [-0.4, -0.2) is 5.11 Å². The van der Waals surface area contributed by atoms with E-state index in [-0.39, 0.29) is 0 Å². The molecule has 0 fully saturated rings. The molecule has 1 atom stereocenters. The van der Waals surface area contributed by atoms with Gasteiger partial charge in [0, 0.05) is 0 Å². The molecule has 0 saturated heterocycles. The highest BCUT2D eigenvalue weighted by molar-refractivity contribution is 5.32. The Morgan fingerprint density at radius 2 is 2.17 bits per heavy atom. The van der Waals surface area contributed by atoms with E-state index < -0.39 is 12.8 Å². The third-order valence-corrected chi connectivity index (χ3v) is 1.95. The summed E-state index contributed by atoms with van der Waals surface area (Å²) in [6.45, 7) is 3.12. The van der Waals surface area contributed by atoms with Crippen LogP contribution in [0.15, 0.2) is 18.2 Å². The Morgan fingerprint density at radius 1 is 1.50 bits per heavy atom. The molecule has 1 aromatic rings. The average Bonchev–Trinajstić information content (AvgIpc) is 2.05. The van der Waals surface area contributed by atoms with E-state index in [1.54, 1.807) is 19.1 Å². The molecule has 0 amide bonds. The van der Waals surface area contributed by atoms with E-state index in [0.717, 1.165) is 11.1 Å². The van der Waals surface area contributed by atoms with Crippen molar-refractivity contribution in [2.75, 3.05) is 0 Å². The summed E-state index contributed by atoms with van der Waals surface area (Å²) in [5.74, 6) is 0. The predicted molar refractivity (Wildman–Crippen MR) is 46.6 cm³/mol. The van der Waals surface area contributed by atoms with Gasteiger partial charge in [-0.1, -0.05) is 18.2 Å². The van der Waals surface area contributed by atoms with Gasteiger partial charge in [0.05, 0.1) is 6.10 Å². The van der Waals surface area contributed by atoms with Gasteiger partial charge in [-0.3, -0.25) is 0 Å². The van der Waals surface area contributed by atoms with E-state index >= 15 is 0 Å². The Hall–Kier alpha value is -0.890. The lowest BCUT2D eigenvalue weighted by Crippen LogP contribution is -1.95. The van der Waals surface area contributed by atoms with Gasteiger partial charge in [0.2, 0.25) is 0 Å². The lowest BCUT2D eigenvalue weighted by Gasteiger charge is -2.09. The molecule has 2 heteroatoms. The summed E-state index contributed by atoms with van der Waals surface area (Å²) in [7, 11) is 0. The van der Waals surface area contributed by atoms with Gasteiger partial charge in [-0.25, -0.2) is 4.39 Å². The molecular formula is C10H13FO. The molecule has 1 aromatic carbocycles. The molecule has 0 aliphatic carbocycles. The van der Waals surface area contributed by atoms with Gasteiger partial charge >= 0.3 is 0 Å². The molecule has 1 rings (SSSR count). The monoisotopic (exact) mass is 168 g/mol. The quantitative estimate of drug-likeness (QED) is 0.719. The van der Waals surface area contributed by atoms with Gasteiger partial charge in [0.25, 0.3) is 0 Å². The lowest BCUT2D eigenvalue weighted by molar-refractivity contribution is 0.198. The standard InChI is InChI=1S/C10H13FO/c1-7-3-4-9(6-11)5-10(7)8(2)12/h3-5,8,12H,6H2,1-2H3. The second-order valence-electron chi connectivity index (χ2n) is 3.00. The van der Waals surface area contributed by atoms with Crippen LogP contribution in [-0.2, 0) is 6.67 Å². The van der Waals surface area contributed by atoms with Gasteiger partial charge in [-0.05, 0) is 30.5 Å². The van der Waals surface area contributed by atoms with Crippen molar-refractivity contribution in [3.05, 3.63) is 34.9 Å². The molecule has 0 aliphatic heterocycles. The largest absolute Gasteiger partial charge is 0.389 e. The first-order valence-corrected chi connectivity index (χ1v) is 3.98. The zero-order valence-electron chi connectivity index (χ0n) is 7.34. The molecule has 66 valence electrons. The highest BCUT2D eigenvalue weighted by atomic mass is 19.1. The maximum atomic E-state index is 12.2. The molecule has 1 unspecified atom stereocenters. The van der Waals surface area contributed by atoms with Crippen molar-refractivity contribution >= 4 is 0 Å². The fourth-order valence-corrected chi connectivity index (χ4v) is 1.22. The summed E-state index contributed by atoms with van der Waals surface area (Å²) in [5, 5.41) is 9.30. The number of rotatable bonds is 2. The van der Waals surface area contributed by atoms with Crippen LogP contribution in [0.4, 0.5) is 4.39 Å². The van der Waals surface area contributed by atoms with Crippen LogP contribution < -0.4 is 0 Å². The first-order chi connectivity index (χ1) is 5.65. The Kier molecular flexibility index (Phi) is 2.82. The predicted octanol–water partition coefficient (Wildman–Crippen LogP) is 2.52. The van der Waals surface area contributed by atoms with Crippen LogP contribution in [0, 0.1) is 6.92 Å². The highest BCUT2D eigenvalue weighted by Gasteiger charge is 2.05. The summed E-state index contributed by atoms with van der Waals surface area (Å²) in [6, 6.07) is 5.28. The van der Waals surface area contributed by atoms with Gasteiger partial charge in [0.1, 0.15) is 6.67 Å². The number of hydrogen-bond acceptors (Lipinski definition) is 1. The lowest BCUT2D eigenvalue weighted by atomic mass is 10.0. The molecule has 0 aromatic heterocycles. The van der Waals surface area contributed by atoms with Gasteiger partial charge in [0.15, 0.2) is 0 Å². The summed E-state index contributed by atoms with van der Waals surface area (Å²) in [4.78, 5) is 0. The smallest absolute Gasteiger partial charge is 0.115 e. The van der Waals surface area contributed by atoms with Crippen LogP contribution in [0.3, 0.4) is 0 Å². The summed E-state index contributed by atoms with van der Waals surface area (Å²) in [6.07, 6.45) is -0.517. The first-order valence-electron chi connectivity index (χ1n) is 3.98. The second kappa shape index (κ2) is 3.68. The third-order valence-electron chi connectivity index (χ3n) is 1.95. The number of halogens is 1. The molecule has 12 heavy (non-hydrogen) atoms. The minimum absolute atomic E-state index is 0.472. The van der Waals surface area contributed by atoms with Crippen molar-refractivity contribution < 1.29 is 9.50 Å². The van der Waals surface area contributed by atoms with E-state index in [1.165, 1.54) is 0 Å². The third kappa shape index (κ3) is 1.83. The van der Waals surface area contributed by atoms with E-state index in [0.29, 0.717) is 5.56 Å². The van der Waals surface area contributed by atoms with Crippen molar-refractivity contribution in [1.82, 2.24) is 0 Å². The number of hydrogen-bond donors (Lipinski definition) is 1. The number of aliphatic hydroxyl groups is 1. The van der Waals surface area contributed by atoms with Crippen LogP contribution >= 0.6 is 0 Å². The number of aryl methyl sites for hydroxylation is 1. The minimum Gasteiger partial charge on any atom is -0.389 e. The van der Waals surface area contributed by atoms with E-state index in [2.05, 4.69) is 0 Å². The topological polar surface area (TPSA) is 20.2 Å². The number of alkyl halides is 1. The van der Waals surface area contributed by atoms with Crippen molar-refractivity contribution in [1.29, 1.82) is 0 Å². The molecular weight excluding hydrogens is 155 g/mol. The molecule has 1 N–H and O–H groups in total. The Bertz CT molecular complexity index is 269. The van der Waals surface area contributed by atoms with Crippen LogP contribution in [0.5, 0.6) is 0 Å². The Labute approximate surface area is 71.9 Å². The van der Waals surface area contributed by atoms with Crippen LogP contribution in [0.25, 0.3) is 0 Å². The van der Waals surface area contributed by atoms with Crippen molar-refractivity contribution in [3.8, 4) is 0 Å². The average molecular weight is 168 g/mol. The molecule has 0 radical (unpaired) electrons. The van der Waals surface area contributed by atoms with Gasteiger partial charge < -0.3 is 5.11 Å². The second-order valence-corrected chi connectivity index (χ2v) is 3.00. The fraction of sp³-hybridized carbons (Fsp3) is 0.400. The first kappa shape index (κ1) is 9.20. The summed E-state index contributed by atoms with van der Waals surface area (Å²) < 4.78 is 12.2. The minimum atomic E-state index is -0.517. The zero-order valence-corrected chi connectivity index (χ0v) is 7.34. The van der Waals surface area contributed by atoms with E-state index in [1.807, 2.05) is 13.0 Å². The molecule has 0 spiro atoms. The van der Waals surface area contributed by atoms with Crippen molar-refractivity contribution in [2.24, 2.45) is 0 Å². The Morgan fingerprint density at radius 3 is 2.67 bits per heavy atom. The maximum Gasteiger partial charge on any atom is 0.115 e. The fourth-order valence-electron chi connectivity index (χ4n) is 1.22. The van der Waals surface area contributed by atoms with E-state index in [9.17, 15) is 9.50 Å². The molecule has 1 nitrogen and oxygen atoms in total. The molecule has 0 heterocycles. The number of benzene rings is 1. The number of aliphatic hydroxyl groups excluding tert-OH is 1. The Balaban J connectivity index is 3.08. The van der Waals surface area contributed by atoms with E-state index in [4.69, 9.17) is 0 Å². The maximum absolute atomic E-state index is 12.2. The van der Waals surface area contributed by atoms with Crippen LogP contribution in [0.2, 0.25) is 0 Å². The normalized spacial score (nSPS) is 13.0. The highest BCUT2D eigenvalue weighted by Crippen LogP contribution is 2.18.